The van der Waals surface area contributed by atoms with Crippen molar-refractivity contribution in [1.29, 1.82) is 0 Å². The van der Waals surface area contributed by atoms with E-state index in [4.69, 9.17) is 0 Å². The Bertz CT molecular complexity index is 889. The van der Waals surface area contributed by atoms with Crippen molar-refractivity contribution in [2.24, 2.45) is 0 Å². The molecule has 148 valence electrons. The molecule has 1 saturated heterocycles. The lowest BCUT2D eigenvalue weighted by molar-refractivity contribution is -0.137. The van der Waals surface area contributed by atoms with Crippen LogP contribution in [-0.4, -0.2) is 45.8 Å². The first-order valence-electron chi connectivity index (χ1n) is 9.05. The second-order valence-electron chi connectivity index (χ2n) is 6.76. The highest BCUT2D eigenvalue weighted by Gasteiger charge is 2.31. The molecule has 0 aliphatic carbocycles. The molecular weight excluding hydrogens is 387 g/mol. The maximum absolute atomic E-state index is 12.7. The standard InChI is InChI=1S/C19H20F3N5S/c20-19(21,22)16-2-3-18(23-12-16)26-7-1-6-25(9-10-26)14-27-8-4-17(24-27)15-5-11-28-13-15/h2-5,8,11-13H,1,6-7,9-10,14H2. The summed E-state index contributed by atoms with van der Waals surface area (Å²) >= 11 is 1.65. The Kier molecular flexibility index (Phi) is 5.36. The number of anilines is 1. The lowest BCUT2D eigenvalue weighted by Crippen LogP contribution is -2.32. The fraction of sp³-hybridized carbons (Fsp3) is 0.368. The van der Waals surface area contributed by atoms with Crippen LogP contribution in [0.3, 0.4) is 0 Å². The van der Waals surface area contributed by atoms with E-state index in [9.17, 15) is 13.2 Å². The second-order valence-corrected chi connectivity index (χ2v) is 7.54. The second kappa shape index (κ2) is 7.92. The Balaban J connectivity index is 1.36. The Labute approximate surface area is 165 Å². The molecule has 0 unspecified atom stereocenters. The molecule has 0 bridgehead atoms. The molecule has 0 saturated carbocycles. The number of nitrogens with zero attached hydrogens (tertiary/aromatic N) is 5. The van der Waals surface area contributed by atoms with E-state index in [1.165, 1.54) is 6.07 Å². The van der Waals surface area contributed by atoms with Crippen LogP contribution in [0.4, 0.5) is 19.0 Å². The molecule has 3 aromatic rings. The summed E-state index contributed by atoms with van der Waals surface area (Å²) in [6, 6.07) is 6.62. The van der Waals surface area contributed by atoms with Crippen molar-refractivity contribution in [3.63, 3.8) is 0 Å². The number of hydrogen-bond donors (Lipinski definition) is 0. The number of pyridine rings is 1. The molecule has 1 aliphatic rings. The van der Waals surface area contributed by atoms with E-state index in [0.29, 0.717) is 12.5 Å². The van der Waals surface area contributed by atoms with Crippen LogP contribution >= 0.6 is 11.3 Å². The van der Waals surface area contributed by atoms with E-state index in [1.54, 1.807) is 11.3 Å². The van der Waals surface area contributed by atoms with Crippen LogP contribution in [0.5, 0.6) is 0 Å². The highest BCUT2D eigenvalue weighted by molar-refractivity contribution is 7.08. The first-order valence-corrected chi connectivity index (χ1v) is 10.00. The van der Waals surface area contributed by atoms with Crippen molar-refractivity contribution in [1.82, 2.24) is 19.7 Å². The summed E-state index contributed by atoms with van der Waals surface area (Å²) in [7, 11) is 0. The van der Waals surface area contributed by atoms with Gasteiger partial charge in [0.05, 0.1) is 17.9 Å². The largest absolute Gasteiger partial charge is 0.417 e. The van der Waals surface area contributed by atoms with Crippen LogP contribution in [0.25, 0.3) is 11.3 Å². The normalized spacial score (nSPS) is 16.3. The summed E-state index contributed by atoms with van der Waals surface area (Å²) < 4.78 is 40.1. The van der Waals surface area contributed by atoms with Crippen LogP contribution in [0, 0.1) is 0 Å². The van der Waals surface area contributed by atoms with Crippen molar-refractivity contribution in [3.8, 4) is 11.3 Å². The molecule has 0 amide bonds. The van der Waals surface area contributed by atoms with Gasteiger partial charge >= 0.3 is 6.18 Å². The summed E-state index contributed by atoms with van der Waals surface area (Å²) in [5.74, 6) is 0.591. The zero-order valence-electron chi connectivity index (χ0n) is 15.1. The SMILES string of the molecule is FC(F)(F)c1ccc(N2CCCN(Cn3ccc(-c4ccsc4)n3)CC2)nc1. The summed E-state index contributed by atoms with van der Waals surface area (Å²) in [6.07, 6.45) is -0.547. The van der Waals surface area contributed by atoms with Gasteiger partial charge in [0.1, 0.15) is 5.82 Å². The van der Waals surface area contributed by atoms with Crippen LogP contribution in [0.15, 0.2) is 47.4 Å². The summed E-state index contributed by atoms with van der Waals surface area (Å²) in [5.41, 5.74) is 1.37. The molecule has 1 fully saturated rings. The maximum Gasteiger partial charge on any atom is 0.417 e. The molecule has 4 heterocycles. The Morgan fingerprint density at radius 1 is 1.04 bits per heavy atom. The number of alkyl halides is 3. The van der Waals surface area contributed by atoms with Crippen molar-refractivity contribution < 1.29 is 13.2 Å². The van der Waals surface area contributed by atoms with Crippen molar-refractivity contribution >= 4 is 17.2 Å². The summed E-state index contributed by atoms with van der Waals surface area (Å²) in [6.45, 7) is 3.89. The average molecular weight is 407 g/mol. The Hall–Kier alpha value is -2.39. The number of halogens is 3. The highest BCUT2D eigenvalue weighted by Crippen LogP contribution is 2.29. The molecule has 4 rings (SSSR count). The predicted molar refractivity (Wildman–Crippen MR) is 103 cm³/mol. The van der Waals surface area contributed by atoms with Gasteiger partial charge in [0.25, 0.3) is 0 Å². The molecule has 1 aliphatic heterocycles. The van der Waals surface area contributed by atoms with Gasteiger partial charge in [-0.05, 0) is 36.1 Å². The molecule has 0 radical (unpaired) electrons. The molecule has 28 heavy (non-hydrogen) atoms. The first kappa shape index (κ1) is 18.9. The van der Waals surface area contributed by atoms with Gasteiger partial charge in [0, 0.05) is 49.5 Å². The van der Waals surface area contributed by atoms with Gasteiger partial charge in [-0.15, -0.1) is 0 Å². The fourth-order valence-corrected chi connectivity index (χ4v) is 3.94. The molecule has 0 atom stereocenters. The van der Waals surface area contributed by atoms with Crippen LogP contribution < -0.4 is 4.90 Å². The number of rotatable bonds is 4. The predicted octanol–water partition coefficient (Wildman–Crippen LogP) is 4.20. The average Bonchev–Trinajstić information content (AvgIpc) is 3.30. The molecule has 9 heteroatoms. The van der Waals surface area contributed by atoms with Crippen molar-refractivity contribution in [3.05, 3.63) is 53.0 Å². The van der Waals surface area contributed by atoms with Crippen molar-refractivity contribution in [2.75, 3.05) is 31.1 Å². The minimum atomic E-state index is -4.35. The first-order chi connectivity index (χ1) is 13.5. The Morgan fingerprint density at radius 3 is 2.64 bits per heavy atom. The van der Waals surface area contributed by atoms with E-state index in [1.807, 2.05) is 27.2 Å². The Morgan fingerprint density at radius 2 is 1.93 bits per heavy atom. The fourth-order valence-electron chi connectivity index (χ4n) is 3.29. The summed E-state index contributed by atoms with van der Waals surface area (Å²) in [4.78, 5) is 8.36. The number of aromatic nitrogens is 3. The highest BCUT2D eigenvalue weighted by atomic mass is 32.1. The van der Waals surface area contributed by atoms with E-state index < -0.39 is 11.7 Å². The lowest BCUT2D eigenvalue weighted by atomic mass is 10.2. The van der Waals surface area contributed by atoms with Crippen LogP contribution in [0.2, 0.25) is 0 Å². The van der Waals surface area contributed by atoms with E-state index in [2.05, 4.69) is 26.4 Å². The molecular formula is C19H20F3N5S. The van der Waals surface area contributed by atoms with Gasteiger partial charge < -0.3 is 4.90 Å². The topological polar surface area (TPSA) is 37.2 Å². The third-order valence-corrected chi connectivity index (χ3v) is 5.47. The summed E-state index contributed by atoms with van der Waals surface area (Å²) in [5, 5.41) is 8.75. The molecule has 0 spiro atoms. The van der Waals surface area contributed by atoms with Gasteiger partial charge in [0.2, 0.25) is 0 Å². The van der Waals surface area contributed by atoms with Gasteiger partial charge in [0.15, 0.2) is 0 Å². The lowest BCUT2D eigenvalue weighted by Gasteiger charge is -2.23. The number of hydrogen-bond acceptors (Lipinski definition) is 5. The van der Waals surface area contributed by atoms with Crippen LogP contribution in [-0.2, 0) is 12.8 Å². The van der Waals surface area contributed by atoms with Crippen molar-refractivity contribution in [2.45, 2.75) is 19.3 Å². The molecule has 0 aromatic carbocycles. The van der Waals surface area contributed by atoms with E-state index >= 15 is 0 Å². The third-order valence-electron chi connectivity index (χ3n) is 4.79. The van der Waals surface area contributed by atoms with E-state index in [-0.39, 0.29) is 0 Å². The zero-order chi connectivity index (χ0) is 19.6. The van der Waals surface area contributed by atoms with Gasteiger partial charge in [-0.1, -0.05) is 0 Å². The number of thiophene rings is 1. The minimum Gasteiger partial charge on any atom is -0.355 e. The third kappa shape index (κ3) is 4.36. The maximum atomic E-state index is 12.7. The van der Waals surface area contributed by atoms with Gasteiger partial charge in [-0.3, -0.25) is 9.58 Å². The molecule has 5 nitrogen and oxygen atoms in total. The minimum absolute atomic E-state index is 0.591. The van der Waals surface area contributed by atoms with Crippen LogP contribution in [0.1, 0.15) is 12.0 Å². The smallest absolute Gasteiger partial charge is 0.355 e. The molecule has 0 N–H and O–H groups in total. The zero-order valence-corrected chi connectivity index (χ0v) is 16.0. The van der Waals surface area contributed by atoms with Gasteiger partial charge in [-0.25, -0.2) is 4.98 Å². The van der Waals surface area contributed by atoms with Gasteiger partial charge in [-0.2, -0.15) is 29.6 Å². The molecule has 3 aromatic heterocycles. The quantitative estimate of drug-likeness (QED) is 0.650. The van der Waals surface area contributed by atoms with E-state index in [0.717, 1.165) is 56.1 Å². The monoisotopic (exact) mass is 407 g/mol.